The van der Waals surface area contributed by atoms with Crippen molar-refractivity contribution in [1.29, 1.82) is 0 Å². The van der Waals surface area contributed by atoms with E-state index in [4.69, 9.17) is 5.11 Å². The van der Waals surface area contributed by atoms with Crippen molar-refractivity contribution in [2.45, 2.75) is 12.5 Å². The number of halogens is 3. The Morgan fingerprint density at radius 1 is 1.35 bits per heavy atom. The van der Waals surface area contributed by atoms with Gasteiger partial charge in [-0.15, -0.1) is 0 Å². The Kier molecular flexibility index (Phi) is 3.62. The van der Waals surface area contributed by atoms with Gasteiger partial charge in [-0.3, -0.25) is 0 Å². The van der Waals surface area contributed by atoms with Crippen LogP contribution in [-0.2, 0) is 4.79 Å². The van der Waals surface area contributed by atoms with Gasteiger partial charge in [-0.2, -0.15) is 0 Å². The second kappa shape index (κ2) is 4.62. The lowest BCUT2D eigenvalue weighted by Gasteiger charge is -2.19. The zero-order valence-electron chi connectivity index (χ0n) is 8.80. The molecule has 7 heteroatoms. The third-order valence-corrected chi connectivity index (χ3v) is 2.12. The number of nitrogens with one attached hydrogen (secondary N) is 1. The summed E-state index contributed by atoms with van der Waals surface area (Å²) in [6.45, 7) is 0.435. The minimum atomic E-state index is -2.14. The molecule has 0 fully saturated rings. The number of anilines is 1. The van der Waals surface area contributed by atoms with Crippen molar-refractivity contribution in [3.05, 3.63) is 29.6 Å². The van der Waals surface area contributed by atoms with E-state index in [2.05, 4.69) is 5.32 Å². The maximum absolute atomic E-state index is 13.1. The normalized spacial score (nSPS) is 14.2. The lowest BCUT2D eigenvalue weighted by Crippen LogP contribution is -2.42. The fourth-order valence-electron chi connectivity index (χ4n) is 1.01. The van der Waals surface area contributed by atoms with Crippen molar-refractivity contribution in [1.82, 2.24) is 0 Å². The van der Waals surface area contributed by atoms with Gasteiger partial charge in [0.05, 0.1) is 12.2 Å². The van der Waals surface area contributed by atoms with Crippen LogP contribution in [0.2, 0.25) is 0 Å². The van der Waals surface area contributed by atoms with E-state index in [0.717, 1.165) is 13.0 Å². The van der Waals surface area contributed by atoms with Crippen LogP contribution in [0, 0.1) is 17.5 Å². The standard InChI is InChI=1S/C10H10F3NO3/c1-10(17,9(15)16)4-14-6-3-2-5(11)7(12)8(6)13/h2-3,14,17H,4H2,1H3,(H,15,16). The summed E-state index contributed by atoms with van der Waals surface area (Å²) in [5, 5.41) is 20.1. The van der Waals surface area contributed by atoms with Crippen molar-refractivity contribution < 1.29 is 28.2 Å². The van der Waals surface area contributed by atoms with E-state index in [1.54, 1.807) is 0 Å². The monoisotopic (exact) mass is 249 g/mol. The van der Waals surface area contributed by atoms with Crippen LogP contribution in [0.1, 0.15) is 6.92 Å². The molecule has 0 aliphatic rings. The molecule has 0 aliphatic heterocycles. The summed E-state index contributed by atoms with van der Waals surface area (Å²) >= 11 is 0. The van der Waals surface area contributed by atoms with Gasteiger partial charge in [-0.25, -0.2) is 18.0 Å². The average molecular weight is 249 g/mol. The molecule has 94 valence electrons. The van der Waals surface area contributed by atoms with Crippen molar-refractivity contribution in [3.8, 4) is 0 Å². The number of aliphatic carboxylic acids is 1. The van der Waals surface area contributed by atoms with Gasteiger partial charge in [-0.1, -0.05) is 0 Å². The van der Waals surface area contributed by atoms with Gasteiger partial charge in [0.15, 0.2) is 23.1 Å². The molecule has 0 aliphatic carbocycles. The molecule has 0 saturated carbocycles. The minimum absolute atomic E-state index is 0.426. The second-order valence-electron chi connectivity index (χ2n) is 3.66. The van der Waals surface area contributed by atoms with Crippen LogP contribution in [0.4, 0.5) is 18.9 Å². The van der Waals surface area contributed by atoms with Crippen LogP contribution in [0.3, 0.4) is 0 Å². The number of rotatable bonds is 4. The van der Waals surface area contributed by atoms with Gasteiger partial charge in [-0.05, 0) is 19.1 Å². The number of carbonyl (C=O) groups is 1. The molecule has 0 radical (unpaired) electrons. The fourth-order valence-corrected chi connectivity index (χ4v) is 1.01. The largest absolute Gasteiger partial charge is 0.479 e. The van der Waals surface area contributed by atoms with E-state index in [9.17, 15) is 23.1 Å². The predicted molar refractivity (Wildman–Crippen MR) is 53.1 cm³/mol. The van der Waals surface area contributed by atoms with E-state index >= 15 is 0 Å². The molecule has 17 heavy (non-hydrogen) atoms. The summed E-state index contributed by atoms with van der Waals surface area (Å²) in [4.78, 5) is 10.5. The van der Waals surface area contributed by atoms with Crippen LogP contribution >= 0.6 is 0 Å². The summed E-state index contributed by atoms with van der Waals surface area (Å²) in [7, 11) is 0. The summed E-state index contributed by atoms with van der Waals surface area (Å²) in [6, 6.07) is 1.60. The number of carboxylic acid groups (broad SMARTS) is 1. The molecule has 1 rings (SSSR count). The number of benzene rings is 1. The molecule has 1 aromatic rings. The molecule has 0 aromatic heterocycles. The summed E-state index contributed by atoms with van der Waals surface area (Å²) < 4.78 is 38.5. The quantitative estimate of drug-likeness (QED) is 0.704. The first-order valence-electron chi connectivity index (χ1n) is 4.59. The van der Waals surface area contributed by atoms with Crippen LogP contribution in [0.5, 0.6) is 0 Å². The molecular weight excluding hydrogens is 239 g/mol. The molecule has 4 nitrogen and oxygen atoms in total. The van der Waals surface area contributed by atoms with E-state index < -0.39 is 41.3 Å². The molecule has 1 aromatic carbocycles. The number of hydrogen-bond donors (Lipinski definition) is 3. The maximum Gasteiger partial charge on any atom is 0.337 e. The van der Waals surface area contributed by atoms with Crippen LogP contribution in [-0.4, -0.2) is 28.3 Å². The van der Waals surface area contributed by atoms with Crippen LogP contribution in [0.25, 0.3) is 0 Å². The minimum Gasteiger partial charge on any atom is -0.479 e. The van der Waals surface area contributed by atoms with Crippen molar-refractivity contribution in [2.24, 2.45) is 0 Å². The maximum atomic E-state index is 13.1. The Balaban J connectivity index is 2.84. The molecular formula is C10H10F3NO3. The van der Waals surface area contributed by atoms with Crippen molar-refractivity contribution in [3.63, 3.8) is 0 Å². The smallest absolute Gasteiger partial charge is 0.337 e. The molecule has 0 spiro atoms. The third kappa shape index (κ3) is 2.88. The van der Waals surface area contributed by atoms with Gasteiger partial charge in [0.25, 0.3) is 0 Å². The SMILES string of the molecule is CC(O)(CNc1ccc(F)c(F)c1F)C(=O)O. The average Bonchev–Trinajstić information content (AvgIpc) is 2.25. The Hall–Kier alpha value is -1.76. The Morgan fingerprint density at radius 3 is 2.47 bits per heavy atom. The third-order valence-electron chi connectivity index (χ3n) is 2.12. The molecule has 1 atom stereocenters. The molecule has 1 unspecified atom stereocenters. The first kappa shape index (κ1) is 13.3. The number of carboxylic acids is 1. The van der Waals surface area contributed by atoms with Gasteiger partial charge in [0.2, 0.25) is 0 Å². The second-order valence-corrected chi connectivity index (χ2v) is 3.66. The summed E-state index contributed by atoms with van der Waals surface area (Å²) in [5.41, 5.74) is -2.57. The molecule has 3 N–H and O–H groups in total. The lowest BCUT2D eigenvalue weighted by molar-refractivity contribution is -0.155. The Labute approximate surface area is 94.7 Å². The highest BCUT2D eigenvalue weighted by atomic mass is 19.2. The lowest BCUT2D eigenvalue weighted by atomic mass is 10.1. The molecule has 0 bridgehead atoms. The summed E-state index contributed by atoms with van der Waals surface area (Å²) in [6.07, 6.45) is 0. The zero-order chi connectivity index (χ0) is 13.2. The first-order valence-corrected chi connectivity index (χ1v) is 4.59. The van der Waals surface area contributed by atoms with E-state index in [1.165, 1.54) is 0 Å². The fraction of sp³-hybridized carbons (Fsp3) is 0.300. The van der Waals surface area contributed by atoms with Gasteiger partial charge in [0.1, 0.15) is 0 Å². The van der Waals surface area contributed by atoms with Crippen molar-refractivity contribution >= 4 is 11.7 Å². The summed E-state index contributed by atoms with van der Waals surface area (Å²) in [5.74, 6) is -6.00. The van der Waals surface area contributed by atoms with E-state index in [0.29, 0.717) is 6.07 Å². The Morgan fingerprint density at radius 2 is 1.94 bits per heavy atom. The highest BCUT2D eigenvalue weighted by Crippen LogP contribution is 2.20. The van der Waals surface area contributed by atoms with Crippen LogP contribution < -0.4 is 5.32 Å². The topological polar surface area (TPSA) is 69.6 Å². The van der Waals surface area contributed by atoms with E-state index in [-0.39, 0.29) is 0 Å². The molecule has 0 heterocycles. The highest BCUT2D eigenvalue weighted by molar-refractivity contribution is 5.77. The van der Waals surface area contributed by atoms with Gasteiger partial charge in [0, 0.05) is 0 Å². The zero-order valence-corrected chi connectivity index (χ0v) is 8.80. The van der Waals surface area contributed by atoms with E-state index in [1.807, 2.05) is 0 Å². The van der Waals surface area contributed by atoms with Crippen molar-refractivity contribution in [2.75, 3.05) is 11.9 Å². The number of hydrogen-bond acceptors (Lipinski definition) is 3. The predicted octanol–water partition coefficient (Wildman–Crippen LogP) is 1.35. The Bertz CT molecular complexity index is 449. The van der Waals surface area contributed by atoms with Crippen LogP contribution in [0.15, 0.2) is 12.1 Å². The molecule has 0 saturated heterocycles. The van der Waals surface area contributed by atoms with Gasteiger partial charge >= 0.3 is 5.97 Å². The first-order chi connectivity index (χ1) is 7.75. The van der Waals surface area contributed by atoms with Gasteiger partial charge < -0.3 is 15.5 Å². The highest BCUT2D eigenvalue weighted by Gasteiger charge is 2.30. The number of aliphatic hydroxyl groups is 1. The molecule has 0 amide bonds.